The van der Waals surface area contributed by atoms with Crippen molar-refractivity contribution in [3.8, 4) is 0 Å². The van der Waals surface area contributed by atoms with Crippen LogP contribution in [0.1, 0.15) is 11.3 Å². The first-order valence-electron chi connectivity index (χ1n) is 7.00. The van der Waals surface area contributed by atoms with Gasteiger partial charge in [0.25, 0.3) is 0 Å². The number of aromatic amines is 1. The fraction of sp³-hybridized carbons (Fsp3) is 0.176. The van der Waals surface area contributed by atoms with Crippen molar-refractivity contribution in [3.63, 3.8) is 0 Å². The molecular weight excluding hydrogens is 287 g/mol. The van der Waals surface area contributed by atoms with Crippen LogP contribution in [0.15, 0.2) is 42.5 Å². The summed E-state index contributed by atoms with van der Waals surface area (Å²) in [5.74, 6) is -0.199. The third-order valence-corrected chi connectivity index (χ3v) is 4.36. The van der Waals surface area contributed by atoms with Crippen LogP contribution < -0.4 is 4.90 Å². The Morgan fingerprint density at radius 3 is 2.71 bits per heavy atom. The molecule has 0 saturated carbocycles. The number of fused-ring (bicyclic) bond motifs is 3. The van der Waals surface area contributed by atoms with E-state index < -0.39 is 0 Å². The van der Waals surface area contributed by atoms with Gasteiger partial charge in [-0.05, 0) is 42.5 Å². The van der Waals surface area contributed by atoms with Crippen molar-refractivity contribution in [2.75, 3.05) is 11.4 Å². The van der Waals surface area contributed by atoms with Crippen molar-refractivity contribution >= 4 is 28.2 Å². The predicted molar refractivity (Wildman–Crippen MR) is 84.5 cm³/mol. The molecule has 1 N–H and O–H groups in total. The fourth-order valence-electron chi connectivity index (χ4n) is 3.06. The molecular formula is C17H14ClFN2. The lowest BCUT2D eigenvalue weighted by atomic mass is 10.0. The molecule has 106 valence electrons. The lowest BCUT2D eigenvalue weighted by Crippen LogP contribution is -2.29. The van der Waals surface area contributed by atoms with Crippen LogP contribution in [0.2, 0.25) is 5.02 Å². The van der Waals surface area contributed by atoms with Gasteiger partial charge >= 0.3 is 0 Å². The number of halogens is 2. The summed E-state index contributed by atoms with van der Waals surface area (Å²) in [5.41, 5.74) is 4.76. The molecule has 0 radical (unpaired) electrons. The van der Waals surface area contributed by atoms with E-state index >= 15 is 0 Å². The molecule has 2 heterocycles. The molecule has 0 unspecified atom stereocenters. The first-order valence-corrected chi connectivity index (χ1v) is 7.38. The topological polar surface area (TPSA) is 19.0 Å². The van der Waals surface area contributed by atoms with E-state index in [2.05, 4.69) is 9.88 Å². The van der Waals surface area contributed by atoms with Gasteiger partial charge in [-0.2, -0.15) is 0 Å². The largest absolute Gasteiger partial charge is 0.367 e. The maximum absolute atomic E-state index is 13.1. The summed E-state index contributed by atoms with van der Waals surface area (Å²) >= 11 is 6.12. The van der Waals surface area contributed by atoms with Crippen LogP contribution in [-0.2, 0) is 13.0 Å². The molecule has 0 saturated heterocycles. The molecule has 2 nitrogen and oxygen atoms in total. The number of nitrogens with zero attached hydrogens (tertiary/aromatic N) is 1. The summed E-state index contributed by atoms with van der Waals surface area (Å²) in [6.45, 7) is 1.75. The number of anilines is 1. The highest BCUT2D eigenvalue weighted by Crippen LogP contribution is 2.31. The second-order valence-electron chi connectivity index (χ2n) is 5.42. The molecule has 1 aliphatic rings. The third-order valence-electron chi connectivity index (χ3n) is 4.13. The number of benzene rings is 2. The molecule has 2 aromatic carbocycles. The normalized spacial score (nSPS) is 14.5. The van der Waals surface area contributed by atoms with Crippen molar-refractivity contribution in [1.29, 1.82) is 0 Å². The Kier molecular flexibility index (Phi) is 2.89. The average Bonchev–Trinajstić information content (AvgIpc) is 2.85. The van der Waals surface area contributed by atoms with Crippen molar-refractivity contribution in [2.24, 2.45) is 0 Å². The maximum Gasteiger partial charge on any atom is 0.123 e. The first-order chi connectivity index (χ1) is 10.2. The molecule has 0 bridgehead atoms. The van der Waals surface area contributed by atoms with E-state index in [1.807, 2.05) is 30.3 Å². The first kappa shape index (κ1) is 12.7. The zero-order valence-corrected chi connectivity index (χ0v) is 12.1. The van der Waals surface area contributed by atoms with E-state index in [-0.39, 0.29) is 5.82 Å². The number of nitrogens with one attached hydrogen (secondary N) is 1. The Labute approximate surface area is 127 Å². The van der Waals surface area contributed by atoms with E-state index in [0.717, 1.165) is 35.7 Å². The van der Waals surface area contributed by atoms with Gasteiger partial charge < -0.3 is 9.88 Å². The zero-order chi connectivity index (χ0) is 14.4. The number of hydrogen-bond donors (Lipinski definition) is 1. The molecule has 0 amide bonds. The van der Waals surface area contributed by atoms with E-state index in [4.69, 9.17) is 11.6 Å². The molecule has 4 rings (SSSR count). The van der Waals surface area contributed by atoms with Gasteiger partial charge in [-0.15, -0.1) is 0 Å². The van der Waals surface area contributed by atoms with Gasteiger partial charge in [0, 0.05) is 52.4 Å². The summed E-state index contributed by atoms with van der Waals surface area (Å²) in [5, 5.41) is 1.94. The predicted octanol–water partition coefficient (Wildman–Crippen LogP) is 4.52. The third kappa shape index (κ3) is 2.18. The van der Waals surface area contributed by atoms with Crippen molar-refractivity contribution < 1.29 is 4.39 Å². The molecule has 0 atom stereocenters. The minimum Gasteiger partial charge on any atom is -0.367 e. The van der Waals surface area contributed by atoms with Crippen molar-refractivity contribution in [1.82, 2.24) is 4.98 Å². The summed E-state index contributed by atoms with van der Waals surface area (Å²) in [4.78, 5) is 5.75. The summed E-state index contributed by atoms with van der Waals surface area (Å²) in [6, 6.07) is 12.6. The molecule has 1 aliphatic heterocycles. The van der Waals surface area contributed by atoms with E-state index in [1.165, 1.54) is 28.8 Å². The highest BCUT2D eigenvalue weighted by molar-refractivity contribution is 6.31. The van der Waals surface area contributed by atoms with Crippen LogP contribution in [0.25, 0.3) is 10.9 Å². The Balaban J connectivity index is 1.75. The summed E-state index contributed by atoms with van der Waals surface area (Å²) < 4.78 is 13.1. The maximum atomic E-state index is 13.1. The van der Waals surface area contributed by atoms with Crippen molar-refractivity contribution in [3.05, 3.63) is 64.6 Å². The van der Waals surface area contributed by atoms with E-state index in [0.29, 0.717) is 0 Å². The lowest BCUT2D eigenvalue weighted by Gasteiger charge is -2.29. The van der Waals surface area contributed by atoms with Crippen LogP contribution in [0.4, 0.5) is 10.1 Å². The fourth-order valence-corrected chi connectivity index (χ4v) is 3.23. The quantitative estimate of drug-likeness (QED) is 0.700. The highest BCUT2D eigenvalue weighted by atomic mass is 35.5. The monoisotopic (exact) mass is 300 g/mol. The molecule has 1 aromatic heterocycles. The number of rotatable bonds is 1. The molecule has 4 heteroatoms. The number of hydrogen-bond acceptors (Lipinski definition) is 1. The summed E-state index contributed by atoms with van der Waals surface area (Å²) in [6.07, 6.45) is 0.957. The van der Waals surface area contributed by atoms with Gasteiger partial charge in [0.05, 0.1) is 0 Å². The SMILES string of the molecule is Fc1ccc(N2CCc3[nH]c4ccc(Cl)cc4c3C2)cc1. The zero-order valence-electron chi connectivity index (χ0n) is 11.4. The molecule has 0 aliphatic carbocycles. The Morgan fingerprint density at radius 2 is 1.90 bits per heavy atom. The molecule has 3 aromatic rings. The minimum atomic E-state index is -0.199. The molecule has 0 fully saturated rings. The van der Waals surface area contributed by atoms with Gasteiger partial charge in [-0.1, -0.05) is 11.6 Å². The van der Waals surface area contributed by atoms with Gasteiger partial charge in [-0.3, -0.25) is 0 Å². The van der Waals surface area contributed by atoms with Gasteiger partial charge in [-0.25, -0.2) is 4.39 Å². The lowest BCUT2D eigenvalue weighted by molar-refractivity contribution is 0.627. The van der Waals surface area contributed by atoms with Crippen LogP contribution in [0.5, 0.6) is 0 Å². The second kappa shape index (κ2) is 4.78. The standard InChI is InChI=1S/C17H14ClFN2/c18-11-1-6-16-14(9-11)15-10-21(8-7-17(15)20-16)13-4-2-12(19)3-5-13/h1-6,9,20H,7-8,10H2. The second-order valence-corrected chi connectivity index (χ2v) is 5.86. The van der Waals surface area contributed by atoms with E-state index in [9.17, 15) is 4.39 Å². The Hall–Kier alpha value is -2.00. The highest BCUT2D eigenvalue weighted by Gasteiger charge is 2.21. The van der Waals surface area contributed by atoms with Gasteiger partial charge in [0.1, 0.15) is 5.82 Å². The Morgan fingerprint density at radius 1 is 1.10 bits per heavy atom. The summed E-state index contributed by atoms with van der Waals surface area (Å²) in [7, 11) is 0. The van der Waals surface area contributed by atoms with E-state index in [1.54, 1.807) is 0 Å². The number of aromatic nitrogens is 1. The van der Waals surface area contributed by atoms with Crippen LogP contribution >= 0.6 is 11.6 Å². The van der Waals surface area contributed by atoms with Crippen LogP contribution in [0.3, 0.4) is 0 Å². The van der Waals surface area contributed by atoms with Crippen LogP contribution in [0, 0.1) is 5.82 Å². The molecule has 21 heavy (non-hydrogen) atoms. The van der Waals surface area contributed by atoms with Crippen LogP contribution in [-0.4, -0.2) is 11.5 Å². The van der Waals surface area contributed by atoms with Gasteiger partial charge in [0.15, 0.2) is 0 Å². The number of H-pyrrole nitrogens is 1. The van der Waals surface area contributed by atoms with Crippen molar-refractivity contribution in [2.45, 2.75) is 13.0 Å². The molecule has 0 spiro atoms. The Bertz CT molecular complexity index is 808. The smallest absolute Gasteiger partial charge is 0.123 e. The minimum absolute atomic E-state index is 0.199. The average molecular weight is 301 g/mol. The van der Waals surface area contributed by atoms with Gasteiger partial charge in [0.2, 0.25) is 0 Å².